The molecule has 0 fully saturated rings. The van der Waals surface area contributed by atoms with Crippen molar-refractivity contribution in [3.8, 4) is 23.3 Å². The number of carbonyl (C=O) groups is 2. The van der Waals surface area contributed by atoms with E-state index in [-0.39, 0.29) is 30.1 Å². The van der Waals surface area contributed by atoms with Crippen LogP contribution in [0.25, 0.3) is 6.08 Å². The standard InChI is InChI=1S/C16H16O6/c1-3-22-15(19)6-4-5-12-9-11(7-8-14(17)18)10-13(21-2)16(12)20/h7-10,20H,3,6H2,1-2H3,(H,17,18). The number of carbonyl (C=O) groups excluding carboxylic acids is 1. The number of aliphatic carboxylic acids is 1. The van der Waals surface area contributed by atoms with E-state index in [1.54, 1.807) is 6.92 Å². The van der Waals surface area contributed by atoms with Crippen molar-refractivity contribution >= 4 is 18.0 Å². The molecule has 2 N–H and O–H groups in total. The predicted octanol–water partition coefficient (Wildman–Crippen LogP) is 1.80. The number of phenolic OH excluding ortho intramolecular Hbond substituents is 1. The molecule has 0 saturated carbocycles. The van der Waals surface area contributed by atoms with Gasteiger partial charge in [-0.25, -0.2) is 4.79 Å². The van der Waals surface area contributed by atoms with Crippen molar-refractivity contribution in [3.05, 3.63) is 29.3 Å². The zero-order valence-corrected chi connectivity index (χ0v) is 12.3. The number of aromatic hydroxyl groups is 1. The van der Waals surface area contributed by atoms with E-state index in [1.807, 2.05) is 0 Å². The van der Waals surface area contributed by atoms with E-state index in [9.17, 15) is 14.7 Å². The number of esters is 1. The third kappa shape index (κ3) is 5.21. The summed E-state index contributed by atoms with van der Waals surface area (Å²) in [5.41, 5.74) is 0.728. The number of hydrogen-bond donors (Lipinski definition) is 2. The lowest BCUT2D eigenvalue weighted by molar-refractivity contribution is -0.141. The van der Waals surface area contributed by atoms with Crippen LogP contribution in [0.15, 0.2) is 18.2 Å². The highest BCUT2D eigenvalue weighted by atomic mass is 16.5. The van der Waals surface area contributed by atoms with Crippen molar-refractivity contribution in [1.29, 1.82) is 0 Å². The summed E-state index contributed by atoms with van der Waals surface area (Å²) < 4.78 is 9.75. The molecular formula is C16H16O6. The highest BCUT2D eigenvalue weighted by Gasteiger charge is 2.08. The van der Waals surface area contributed by atoms with Crippen LogP contribution in [0.3, 0.4) is 0 Å². The second-order valence-corrected chi connectivity index (χ2v) is 4.07. The number of methoxy groups -OCH3 is 1. The molecule has 0 saturated heterocycles. The maximum absolute atomic E-state index is 11.2. The summed E-state index contributed by atoms with van der Waals surface area (Å²) in [5, 5.41) is 18.6. The van der Waals surface area contributed by atoms with E-state index in [0.717, 1.165) is 6.08 Å². The van der Waals surface area contributed by atoms with Crippen molar-refractivity contribution in [2.45, 2.75) is 13.3 Å². The van der Waals surface area contributed by atoms with E-state index in [4.69, 9.17) is 14.6 Å². The molecule has 0 amide bonds. The summed E-state index contributed by atoms with van der Waals surface area (Å²) in [4.78, 5) is 21.7. The third-order valence-corrected chi connectivity index (χ3v) is 2.50. The number of hydrogen-bond acceptors (Lipinski definition) is 5. The Hall–Kier alpha value is -2.94. The number of ether oxygens (including phenoxy) is 2. The summed E-state index contributed by atoms with van der Waals surface area (Å²) >= 11 is 0. The predicted molar refractivity (Wildman–Crippen MR) is 79.5 cm³/mol. The topological polar surface area (TPSA) is 93.1 Å². The van der Waals surface area contributed by atoms with Gasteiger partial charge in [-0.2, -0.15) is 0 Å². The molecule has 116 valence electrons. The molecule has 0 atom stereocenters. The lowest BCUT2D eigenvalue weighted by atomic mass is 10.1. The van der Waals surface area contributed by atoms with E-state index in [1.165, 1.54) is 25.3 Å². The molecule has 0 aromatic heterocycles. The summed E-state index contributed by atoms with van der Waals surface area (Å²) in [6, 6.07) is 2.97. The Morgan fingerprint density at radius 3 is 2.68 bits per heavy atom. The summed E-state index contributed by atoms with van der Waals surface area (Å²) in [6.45, 7) is 1.97. The van der Waals surface area contributed by atoms with E-state index in [0.29, 0.717) is 5.56 Å². The molecule has 0 aliphatic rings. The lowest BCUT2D eigenvalue weighted by Crippen LogP contribution is -2.01. The number of carboxylic acid groups (broad SMARTS) is 1. The molecule has 0 aliphatic carbocycles. The van der Waals surface area contributed by atoms with Crippen LogP contribution < -0.4 is 4.74 Å². The van der Waals surface area contributed by atoms with Gasteiger partial charge in [-0.05, 0) is 30.7 Å². The molecule has 0 bridgehead atoms. The summed E-state index contributed by atoms with van der Waals surface area (Å²) in [6.07, 6.45) is 2.20. The summed E-state index contributed by atoms with van der Waals surface area (Å²) in [7, 11) is 1.37. The summed E-state index contributed by atoms with van der Waals surface area (Å²) in [5.74, 6) is 3.67. The Kier molecular flexibility index (Phi) is 6.51. The van der Waals surface area contributed by atoms with Gasteiger partial charge in [0.2, 0.25) is 0 Å². The average molecular weight is 304 g/mol. The van der Waals surface area contributed by atoms with Gasteiger partial charge in [0.05, 0.1) is 19.3 Å². The zero-order valence-electron chi connectivity index (χ0n) is 12.3. The van der Waals surface area contributed by atoms with Gasteiger partial charge in [0.25, 0.3) is 0 Å². The zero-order chi connectivity index (χ0) is 16.5. The molecular weight excluding hydrogens is 288 g/mol. The molecule has 1 rings (SSSR count). The van der Waals surface area contributed by atoms with Crippen LogP contribution in [0.5, 0.6) is 11.5 Å². The van der Waals surface area contributed by atoms with Gasteiger partial charge in [-0.15, -0.1) is 0 Å². The van der Waals surface area contributed by atoms with Crippen LogP contribution in [0, 0.1) is 11.8 Å². The van der Waals surface area contributed by atoms with Crippen LogP contribution in [-0.2, 0) is 14.3 Å². The molecule has 0 radical (unpaired) electrons. The Labute approximate surface area is 128 Å². The Bertz CT molecular complexity index is 649. The quantitative estimate of drug-likeness (QED) is 0.489. The minimum Gasteiger partial charge on any atom is -0.503 e. The van der Waals surface area contributed by atoms with Crippen LogP contribution in [0.1, 0.15) is 24.5 Å². The SMILES string of the molecule is CCOC(=O)CC#Cc1cc(C=CC(=O)O)cc(OC)c1O. The van der Waals surface area contributed by atoms with Crippen LogP contribution in [0.4, 0.5) is 0 Å². The van der Waals surface area contributed by atoms with Gasteiger partial charge < -0.3 is 19.7 Å². The monoisotopic (exact) mass is 304 g/mol. The smallest absolute Gasteiger partial charge is 0.328 e. The fraction of sp³-hybridized carbons (Fsp3) is 0.250. The van der Waals surface area contributed by atoms with Crippen molar-refractivity contribution in [2.75, 3.05) is 13.7 Å². The maximum Gasteiger partial charge on any atom is 0.328 e. The molecule has 1 aromatic carbocycles. The Morgan fingerprint density at radius 2 is 2.09 bits per heavy atom. The normalized spacial score (nSPS) is 9.91. The number of rotatable bonds is 5. The number of benzene rings is 1. The Balaban J connectivity index is 3.07. The van der Waals surface area contributed by atoms with E-state index < -0.39 is 11.9 Å². The van der Waals surface area contributed by atoms with Crippen molar-refractivity contribution in [1.82, 2.24) is 0 Å². The van der Waals surface area contributed by atoms with Gasteiger partial charge in [-0.1, -0.05) is 11.8 Å². The number of phenols is 1. The molecule has 0 spiro atoms. The molecule has 1 aromatic rings. The number of carboxylic acids is 1. The first kappa shape index (κ1) is 17.1. The molecule has 6 heteroatoms. The fourth-order valence-electron chi connectivity index (χ4n) is 1.57. The first-order chi connectivity index (χ1) is 10.5. The Morgan fingerprint density at radius 1 is 1.36 bits per heavy atom. The molecule has 0 aliphatic heterocycles. The second-order valence-electron chi connectivity index (χ2n) is 4.07. The third-order valence-electron chi connectivity index (χ3n) is 2.50. The minimum atomic E-state index is -1.10. The lowest BCUT2D eigenvalue weighted by Gasteiger charge is -2.06. The van der Waals surface area contributed by atoms with Gasteiger partial charge >= 0.3 is 11.9 Å². The molecule has 0 unspecified atom stereocenters. The van der Waals surface area contributed by atoms with Gasteiger partial charge in [0.15, 0.2) is 11.5 Å². The van der Waals surface area contributed by atoms with Crippen LogP contribution in [-0.4, -0.2) is 35.9 Å². The van der Waals surface area contributed by atoms with Crippen molar-refractivity contribution in [3.63, 3.8) is 0 Å². The van der Waals surface area contributed by atoms with Gasteiger partial charge in [0.1, 0.15) is 6.42 Å². The first-order valence-corrected chi connectivity index (χ1v) is 6.44. The highest BCUT2D eigenvalue weighted by molar-refractivity contribution is 5.85. The first-order valence-electron chi connectivity index (χ1n) is 6.44. The van der Waals surface area contributed by atoms with Crippen LogP contribution >= 0.6 is 0 Å². The van der Waals surface area contributed by atoms with Gasteiger partial charge in [-0.3, -0.25) is 4.79 Å². The molecule has 0 heterocycles. The molecule has 6 nitrogen and oxygen atoms in total. The van der Waals surface area contributed by atoms with E-state index in [2.05, 4.69) is 11.8 Å². The van der Waals surface area contributed by atoms with E-state index >= 15 is 0 Å². The van der Waals surface area contributed by atoms with Gasteiger partial charge in [0, 0.05) is 6.08 Å². The fourth-order valence-corrected chi connectivity index (χ4v) is 1.57. The van der Waals surface area contributed by atoms with Crippen LogP contribution in [0.2, 0.25) is 0 Å². The largest absolute Gasteiger partial charge is 0.503 e. The highest BCUT2D eigenvalue weighted by Crippen LogP contribution is 2.31. The van der Waals surface area contributed by atoms with Crippen molar-refractivity contribution in [2.24, 2.45) is 0 Å². The minimum absolute atomic E-state index is 0.106. The maximum atomic E-state index is 11.2. The van der Waals surface area contributed by atoms with Crippen molar-refractivity contribution < 1.29 is 29.3 Å². The molecule has 22 heavy (non-hydrogen) atoms. The average Bonchev–Trinajstić information content (AvgIpc) is 2.47. The second kappa shape index (κ2) is 8.37.